The van der Waals surface area contributed by atoms with Gasteiger partial charge in [-0.2, -0.15) is 0 Å². The van der Waals surface area contributed by atoms with E-state index in [9.17, 15) is 0 Å². The lowest BCUT2D eigenvalue weighted by Gasteiger charge is -2.20. The van der Waals surface area contributed by atoms with Gasteiger partial charge in [0.2, 0.25) is 0 Å². The molecule has 0 N–H and O–H groups in total. The summed E-state index contributed by atoms with van der Waals surface area (Å²) in [7, 11) is 1.92. The van der Waals surface area contributed by atoms with Gasteiger partial charge in [0, 0.05) is 13.6 Å². The molecule has 1 rings (SSSR count). The van der Waals surface area contributed by atoms with Crippen LogP contribution >= 0.6 is 0 Å². The Bertz CT molecular complexity index is 74.8. The molecule has 0 atom stereocenters. The third-order valence-corrected chi connectivity index (χ3v) is 2.49. The molecule has 0 bridgehead atoms. The zero-order valence-corrected chi connectivity index (χ0v) is 6.97. The first-order valence-corrected chi connectivity index (χ1v) is 4.49. The topological polar surface area (TPSA) is 14.1 Å². The van der Waals surface area contributed by atoms with Crippen molar-refractivity contribution in [2.24, 2.45) is 5.92 Å². The molecule has 1 saturated carbocycles. The van der Waals surface area contributed by atoms with Gasteiger partial charge in [-0.3, -0.25) is 0 Å². The molecule has 0 heterocycles. The van der Waals surface area contributed by atoms with Gasteiger partial charge in [-0.25, -0.2) is 5.32 Å². The first-order chi connectivity index (χ1) is 4.93. The smallest absolute Gasteiger partial charge is 0.0132 e. The van der Waals surface area contributed by atoms with Crippen LogP contribution in [0.2, 0.25) is 0 Å². The average molecular weight is 140 g/mol. The van der Waals surface area contributed by atoms with Crippen LogP contribution in [-0.2, 0) is 0 Å². The second kappa shape index (κ2) is 4.73. The van der Waals surface area contributed by atoms with Crippen molar-refractivity contribution in [1.29, 1.82) is 0 Å². The normalized spacial score (nSPS) is 21.3. The summed E-state index contributed by atoms with van der Waals surface area (Å²) in [5.41, 5.74) is 0. The van der Waals surface area contributed by atoms with E-state index >= 15 is 0 Å². The molecule has 0 aromatic heterocycles. The minimum absolute atomic E-state index is 1.01. The molecule has 59 valence electrons. The van der Waals surface area contributed by atoms with Crippen LogP contribution in [0.5, 0.6) is 0 Å². The highest BCUT2D eigenvalue weighted by Gasteiger charge is 2.11. The molecule has 1 nitrogen and oxygen atoms in total. The summed E-state index contributed by atoms with van der Waals surface area (Å²) >= 11 is 0. The highest BCUT2D eigenvalue weighted by atomic mass is 14.8. The number of nitrogens with zero attached hydrogens (tertiary/aromatic N) is 1. The van der Waals surface area contributed by atoms with Gasteiger partial charge in [0.15, 0.2) is 0 Å². The second-order valence-electron chi connectivity index (χ2n) is 3.33. The van der Waals surface area contributed by atoms with Gasteiger partial charge in [-0.05, 0) is 12.3 Å². The molecule has 0 aromatic carbocycles. The Hall–Kier alpha value is -0.0400. The van der Waals surface area contributed by atoms with Gasteiger partial charge >= 0.3 is 0 Å². The summed E-state index contributed by atoms with van der Waals surface area (Å²) < 4.78 is 0. The standard InChI is InChI=1S/C9H18N/c1-10-8-7-9-5-3-2-4-6-9/h9H,2-8H2,1H3. The maximum Gasteiger partial charge on any atom is 0.0132 e. The minimum Gasteiger partial charge on any atom is -0.245 e. The first kappa shape index (κ1) is 8.06. The van der Waals surface area contributed by atoms with Gasteiger partial charge in [-0.1, -0.05) is 32.1 Å². The van der Waals surface area contributed by atoms with Crippen molar-refractivity contribution >= 4 is 0 Å². The largest absolute Gasteiger partial charge is 0.245 e. The van der Waals surface area contributed by atoms with Crippen LogP contribution in [0.1, 0.15) is 38.5 Å². The molecule has 0 aromatic rings. The third kappa shape index (κ3) is 2.70. The Kier molecular flexibility index (Phi) is 3.81. The van der Waals surface area contributed by atoms with Crippen molar-refractivity contribution < 1.29 is 0 Å². The zero-order chi connectivity index (χ0) is 7.23. The Morgan fingerprint density at radius 3 is 2.50 bits per heavy atom. The predicted octanol–water partition coefficient (Wildman–Crippen LogP) is 2.19. The van der Waals surface area contributed by atoms with E-state index < -0.39 is 0 Å². The van der Waals surface area contributed by atoms with E-state index in [1.165, 1.54) is 38.5 Å². The summed E-state index contributed by atoms with van der Waals surface area (Å²) in [6.07, 6.45) is 8.68. The lowest BCUT2D eigenvalue weighted by Crippen LogP contribution is -2.11. The monoisotopic (exact) mass is 140 g/mol. The van der Waals surface area contributed by atoms with Crippen molar-refractivity contribution in [2.75, 3.05) is 13.6 Å². The maximum absolute atomic E-state index is 4.13. The molecule has 1 aliphatic carbocycles. The van der Waals surface area contributed by atoms with E-state index in [0.29, 0.717) is 0 Å². The highest BCUT2D eigenvalue weighted by Crippen LogP contribution is 2.25. The van der Waals surface area contributed by atoms with E-state index in [4.69, 9.17) is 0 Å². The molecule has 0 saturated heterocycles. The molecule has 1 radical (unpaired) electrons. The van der Waals surface area contributed by atoms with Gasteiger partial charge in [-0.15, -0.1) is 0 Å². The lowest BCUT2D eigenvalue weighted by atomic mass is 9.87. The van der Waals surface area contributed by atoms with Crippen molar-refractivity contribution in [3.05, 3.63) is 0 Å². The third-order valence-electron chi connectivity index (χ3n) is 2.49. The van der Waals surface area contributed by atoms with Crippen LogP contribution in [0, 0.1) is 5.92 Å². The van der Waals surface area contributed by atoms with Crippen LogP contribution < -0.4 is 5.32 Å². The van der Waals surface area contributed by atoms with Gasteiger partial charge < -0.3 is 0 Å². The molecule has 0 amide bonds. The maximum atomic E-state index is 4.13. The Labute approximate surface area is 64.2 Å². The predicted molar refractivity (Wildman–Crippen MR) is 44.1 cm³/mol. The molecular weight excluding hydrogens is 122 g/mol. The molecule has 0 unspecified atom stereocenters. The van der Waals surface area contributed by atoms with Crippen LogP contribution in [0.15, 0.2) is 0 Å². The first-order valence-electron chi connectivity index (χ1n) is 4.49. The van der Waals surface area contributed by atoms with E-state index in [1.54, 1.807) is 0 Å². The average Bonchev–Trinajstić information content (AvgIpc) is 2.03. The highest BCUT2D eigenvalue weighted by molar-refractivity contribution is 4.65. The second-order valence-corrected chi connectivity index (χ2v) is 3.33. The lowest BCUT2D eigenvalue weighted by molar-refractivity contribution is 0.336. The molecule has 1 aliphatic rings. The van der Waals surface area contributed by atoms with Gasteiger partial charge in [0.05, 0.1) is 0 Å². The van der Waals surface area contributed by atoms with Crippen molar-refractivity contribution in [3.63, 3.8) is 0 Å². The minimum atomic E-state index is 1.01. The van der Waals surface area contributed by atoms with E-state index in [-0.39, 0.29) is 0 Å². The van der Waals surface area contributed by atoms with E-state index in [1.807, 2.05) is 7.05 Å². The summed E-state index contributed by atoms with van der Waals surface area (Å²) in [6, 6.07) is 0. The molecule has 0 spiro atoms. The Balaban J connectivity index is 2.02. The number of rotatable bonds is 3. The summed E-state index contributed by atoms with van der Waals surface area (Å²) in [6.45, 7) is 1.09. The SMILES string of the molecule is C[N]CCC1CCCCC1. The van der Waals surface area contributed by atoms with Crippen LogP contribution in [0.4, 0.5) is 0 Å². The molecule has 0 aliphatic heterocycles. The van der Waals surface area contributed by atoms with E-state index in [2.05, 4.69) is 5.32 Å². The Morgan fingerprint density at radius 1 is 1.20 bits per heavy atom. The molecule has 1 fully saturated rings. The van der Waals surface area contributed by atoms with E-state index in [0.717, 1.165) is 12.5 Å². The number of hydrogen-bond donors (Lipinski definition) is 0. The summed E-state index contributed by atoms with van der Waals surface area (Å²) in [4.78, 5) is 0. The van der Waals surface area contributed by atoms with Crippen LogP contribution in [-0.4, -0.2) is 13.6 Å². The molecule has 10 heavy (non-hydrogen) atoms. The molecule has 1 heteroatoms. The fraction of sp³-hybridized carbons (Fsp3) is 1.00. The number of hydrogen-bond acceptors (Lipinski definition) is 0. The summed E-state index contributed by atoms with van der Waals surface area (Å²) in [5.74, 6) is 1.01. The van der Waals surface area contributed by atoms with Crippen LogP contribution in [0.3, 0.4) is 0 Å². The van der Waals surface area contributed by atoms with Gasteiger partial charge in [0.1, 0.15) is 0 Å². The van der Waals surface area contributed by atoms with Crippen molar-refractivity contribution in [1.82, 2.24) is 5.32 Å². The molecular formula is C9H18N. The zero-order valence-electron chi connectivity index (χ0n) is 6.97. The van der Waals surface area contributed by atoms with Gasteiger partial charge in [0.25, 0.3) is 0 Å². The summed E-state index contributed by atoms with van der Waals surface area (Å²) in [5, 5.41) is 4.13. The quantitative estimate of drug-likeness (QED) is 0.570. The van der Waals surface area contributed by atoms with Crippen molar-refractivity contribution in [3.8, 4) is 0 Å². The van der Waals surface area contributed by atoms with Crippen molar-refractivity contribution in [2.45, 2.75) is 38.5 Å². The fourth-order valence-electron chi connectivity index (χ4n) is 1.79. The Morgan fingerprint density at radius 2 is 1.90 bits per heavy atom. The fourth-order valence-corrected chi connectivity index (χ4v) is 1.79. The van der Waals surface area contributed by atoms with Crippen LogP contribution in [0.25, 0.3) is 0 Å².